The minimum Gasteiger partial charge on any atom is -0.361 e. The fraction of sp³-hybridized carbons (Fsp3) is 0.727. The zero-order valence-corrected chi connectivity index (χ0v) is 12.0. The lowest BCUT2D eigenvalue weighted by Gasteiger charge is -2.15. The van der Waals surface area contributed by atoms with Gasteiger partial charge in [0.15, 0.2) is 0 Å². The average Bonchev–Trinajstić information content (AvgIpc) is 2.69. The molecule has 0 saturated heterocycles. The monoisotopic (exact) mass is 275 g/mol. The predicted molar refractivity (Wildman–Crippen MR) is 69.6 cm³/mol. The van der Waals surface area contributed by atoms with Gasteiger partial charge in [0.2, 0.25) is 10.0 Å². The van der Waals surface area contributed by atoms with Gasteiger partial charge in [-0.2, -0.15) is 0 Å². The highest BCUT2D eigenvalue weighted by Crippen LogP contribution is 2.03. The summed E-state index contributed by atoms with van der Waals surface area (Å²) in [5.74, 6) is 0.665. The molecule has 1 aromatic heterocycles. The second kappa shape index (κ2) is 6.31. The number of aromatic nitrogens is 1. The number of aryl methyl sites for hydroxylation is 1. The molecule has 18 heavy (non-hydrogen) atoms. The van der Waals surface area contributed by atoms with Gasteiger partial charge in [-0.3, -0.25) is 0 Å². The van der Waals surface area contributed by atoms with Crippen molar-refractivity contribution in [2.75, 3.05) is 6.54 Å². The van der Waals surface area contributed by atoms with E-state index in [9.17, 15) is 8.42 Å². The van der Waals surface area contributed by atoms with Crippen LogP contribution in [0.3, 0.4) is 0 Å². The Kier molecular flexibility index (Phi) is 5.30. The van der Waals surface area contributed by atoms with Crippen molar-refractivity contribution in [2.45, 2.75) is 45.5 Å². The van der Waals surface area contributed by atoms with Crippen LogP contribution in [0.25, 0.3) is 0 Å². The third-order valence-corrected chi connectivity index (χ3v) is 4.25. The number of sulfonamides is 1. The minimum atomic E-state index is -3.34. The van der Waals surface area contributed by atoms with Crippen LogP contribution in [-0.4, -0.2) is 31.4 Å². The average molecular weight is 275 g/mol. The molecule has 0 aliphatic heterocycles. The number of nitrogens with one attached hydrogen (secondary N) is 2. The van der Waals surface area contributed by atoms with Crippen LogP contribution in [0.2, 0.25) is 0 Å². The lowest BCUT2D eigenvalue weighted by atomic mass is 10.3. The molecule has 1 atom stereocenters. The van der Waals surface area contributed by atoms with Crippen LogP contribution >= 0.6 is 0 Å². The van der Waals surface area contributed by atoms with Crippen LogP contribution in [0.1, 0.15) is 32.2 Å². The van der Waals surface area contributed by atoms with Crippen LogP contribution in [-0.2, 0) is 16.6 Å². The first-order valence-corrected chi connectivity index (χ1v) is 7.50. The lowest BCUT2D eigenvalue weighted by Crippen LogP contribution is -2.40. The van der Waals surface area contributed by atoms with Gasteiger partial charge in [-0.1, -0.05) is 19.0 Å². The normalized spacial score (nSPS) is 14.1. The first-order chi connectivity index (χ1) is 8.31. The Morgan fingerprint density at radius 2 is 2.06 bits per heavy atom. The van der Waals surface area contributed by atoms with Gasteiger partial charge in [0.25, 0.3) is 0 Å². The molecule has 1 rings (SSSR count). The molecule has 7 heteroatoms. The van der Waals surface area contributed by atoms with E-state index >= 15 is 0 Å². The van der Waals surface area contributed by atoms with Crippen molar-refractivity contribution in [3.8, 4) is 0 Å². The molecule has 2 N–H and O–H groups in total. The van der Waals surface area contributed by atoms with Gasteiger partial charge in [-0.05, 0) is 13.8 Å². The Morgan fingerprint density at radius 1 is 1.39 bits per heavy atom. The van der Waals surface area contributed by atoms with E-state index in [0.29, 0.717) is 18.0 Å². The summed E-state index contributed by atoms with van der Waals surface area (Å²) in [6.45, 7) is 7.97. The van der Waals surface area contributed by atoms with Gasteiger partial charge in [-0.25, -0.2) is 13.1 Å². The van der Waals surface area contributed by atoms with Crippen molar-refractivity contribution < 1.29 is 12.9 Å². The van der Waals surface area contributed by atoms with Crippen molar-refractivity contribution >= 4 is 10.0 Å². The standard InChI is InChI=1S/C11H21N3O3S/c1-8(2)12-6-10(4)18(15,16)13-7-11-5-9(3)17-14-11/h5,8,10,12-13H,6-7H2,1-4H3. The van der Waals surface area contributed by atoms with Crippen molar-refractivity contribution in [3.63, 3.8) is 0 Å². The summed E-state index contributed by atoms with van der Waals surface area (Å²) in [5, 5.41) is 6.34. The largest absolute Gasteiger partial charge is 0.361 e. The molecule has 104 valence electrons. The fourth-order valence-corrected chi connectivity index (χ4v) is 2.28. The van der Waals surface area contributed by atoms with E-state index < -0.39 is 15.3 Å². The Morgan fingerprint density at radius 3 is 2.56 bits per heavy atom. The molecule has 0 aliphatic carbocycles. The first kappa shape index (κ1) is 15.1. The lowest BCUT2D eigenvalue weighted by molar-refractivity contribution is 0.390. The SMILES string of the molecule is Cc1cc(CNS(=O)(=O)C(C)CNC(C)C)no1. The van der Waals surface area contributed by atoms with Gasteiger partial charge in [0.1, 0.15) is 5.76 Å². The van der Waals surface area contributed by atoms with E-state index in [1.807, 2.05) is 13.8 Å². The van der Waals surface area contributed by atoms with E-state index in [-0.39, 0.29) is 12.6 Å². The second-order valence-electron chi connectivity index (χ2n) is 4.67. The molecular weight excluding hydrogens is 254 g/mol. The van der Waals surface area contributed by atoms with Gasteiger partial charge in [0.05, 0.1) is 17.5 Å². The maximum Gasteiger partial charge on any atom is 0.215 e. The van der Waals surface area contributed by atoms with Gasteiger partial charge in [-0.15, -0.1) is 0 Å². The van der Waals surface area contributed by atoms with E-state index in [1.54, 1.807) is 19.9 Å². The van der Waals surface area contributed by atoms with E-state index in [2.05, 4.69) is 15.2 Å². The van der Waals surface area contributed by atoms with Crippen molar-refractivity contribution in [3.05, 3.63) is 17.5 Å². The molecule has 1 heterocycles. The van der Waals surface area contributed by atoms with Gasteiger partial charge < -0.3 is 9.84 Å². The molecule has 0 saturated carbocycles. The predicted octanol–water partition coefficient (Wildman–Crippen LogP) is 0.789. The summed E-state index contributed by atoms with van der Waals surface area (Å²) >= 11 is 0. The van der Waals surface area contributed by atoms with Gasteiger partial charge >= 0.3 is 0 Å². The second-order valence-corrected chi connectivity index (χ2v) is 6.85. The van der Waals surface area contributed by atoms with Crippen molar-refractivity contribution in [1.82, 2.24) is 15.2 Å². The number of rotatable bonds is 7. The molecule has 0 aromatic carbocycles. The topological polar surface area (TPSA) is 84.2 Å². The van der Waals surface area contributed by atoms with E-state index in [0.717, 1.165) is 0 Å². The molecule has 6 nitrogen and oxygen atoms in total. The van der Waals surface area contributed by atoms with Crippen LogP contribution in [0.5, 0.6) is 0 Å². The van der Waals surface area contributed by atoms with E-state index in [1.165, 1.54) is 0 Å². The Labute approximate surface area is 108 Å². The third-order valence-electron chi connectivity index (χ3n) is 2.47. The molecule has 0 bridgehead atoms. The molecule has 0 fully saturated rings. The molecule has 1 unspecified atom stereocenters. The molecule has 1 aromatic rings. The fourth-order valence-electron chi connectivity index (χ4n) is 1.33. The maximum absolute atomic E-state index is 11.9. The minimum absolute atomic E-state index is 0.158. The highest BCUT2D eigenvalue weighted by atomic mass is 32.2. The van der Waals surface area contributed by atoms with Crippen LogP contribution < -0.4 is 10.0 Å². The summed E-state index contributed by atoms with van der Waals surface area (Å²) in [5.41, 5.74) is 0.583. The molecular formula is C11H21N3O3S. The summed E-state index contributed by atoms with van der Waals surface area (Å²) < 4.78 is 31.2. The highest BCUT2D eigenvalue weighted by Gasteiger charge is 2.20. The van der Waals surface area contributed by atoms with Crippen LogP contribution in [0.4, 0.5) is 0 Å². The van der Waals surface area contributed by atoms with Crippen LogP contribution in [0, 0.1) is 6.92 Å². The third kappa shape index (κ3) is 4.75. The van der Waals surface area contributed by atoms with E-state index in [4.69, 9.17) is 4.52 Å². The smallest absolute Gasteiger partial charge is 0.215 e. The Balaban J connectivity index is 2.48. The summed E-state index contributed by atoms with van der Waals surface area (Å²) in [4.78, 5) is 0. The van der Waals surface area contributed by atoms with Gasteiger partial charge in [0, 0.05) is 18.7 Å². The molecule has 0 amide bonds. The number of nitrogens with zero attached hydrogens (tertiary/aromatic N) is 1. The molecule has 0 aliphatic rings. The van der Waals surface area contributed by atoms with Crippen LogP contribution in [0.15, 0.2) is 10.6 Å². The van der Waals surface area contributed by atoms with Crippen molar-refractivity contribution in [2.24, 2.45) is 0 Å². The molecule has 0 spiro atoms. The number of hydrogen-bond donors (Lipinski definition) is 2. The summed E-state index contributed by atoms with van der Waals surface area (Å²) in [7, 11) is -3.34. The number of hydrogen-bond acceptors (Lipinski definition) is 5. The zero-order chi connectivity index (χ0) is 13.8. The first-order valence-electron chi connectivity index (χ1n) is 5.95. The maximum atomic E-state index is 11.9. The zero-order valence-electron chi connectivity index (χ0n) is 11.2. The van der Waals surface area contributed by atoms with Crippen molar-refractivity contribution in [1.29, 1.82) is 0 Å². The Bertz CT molecular complexity index is 468. The highest BCUT2D eigenvalue weighted by molar-refractivity contribution is 7.90. The summed E-state index contributed by atoms with van der Waals surface area (Å²) in [6.07, 6.45) is 0. The Hall–Kier alpha value is -0.920. The quantitative estimate of drug-likeness (QED) is 0.768. The molecule has 0 radical (unpaired) electrons. The summed E-state index contributed by atoms with van der Waals surface area (Å²) in [6, 6.07) is 1.97.